The van der Waals surface area contributed by atoms with E-state index in [9.17, 15) is 9.18 Å². The van der Waals surface area contributed by atoms with Crippen molar-refractivity contribution in [2.45, 2.75) is 40.7 Å². The fourth-order valence-corrected chi connectivity index (χ4v) is 3.03. The van der Waals surface area contributed by atoms with Gasteiger partial charge in [-0.05, 0) is 54.4 Å². The molecule has 0 saturated carbocycles. The van der Waals surface area contributed by atoms with Gasteiger partial charge < -0.3 is 9.64 Å². The Balaban J connectivity index is 0.000000757. The zero-order chi connectivity index (χ0) is 21.9. The molecule has 2 heterocycles. The van der Waals surface area contributed by atoms with Crippen LogP contribution in [0.2, 0.25) is 0 Å². The van der Waals surface area contributed by atoms with Crippen LogP contribution in [-0.2, 0) is 13.0 Å². The number of pyridine rings is 1. The molecular formula is C25H29FN2O2. The van der Waals surface area contributed by atoms with E-state index in [2.05, 4.69) is 4.98 Å². The second-order valence-electron chi connectivity index (χ2n) is 6.14. The van der Waals surface area contributed by atoms with Gasteiger partial charge in [0.25, 0.3) is 5.91 Å². The van der Waals surface area contributed by atoms with Crippen LogP contribution in [0.3, 0.4) is 0 Å². The molecule has 2 aromatic carbocycles. The summed E-state index contributed by atoms with van der Waals surface area (Å²) < 4.78 is 18.8. The first-order chi connectivity index (χ1) is 14.7. The second kappa shape index (κ2) is 11.7. The van der Waals surface area contributed by atoms with E-state index in [1.165, 1.54) is 12.1 Å². The predicted octanol–water partition coefficient (Wildman–Crippen LogP) is 6.06. The quantitative estimate of drug-likeness (QED) is 0.527. The zero-order valence-corrected chi connectivity index (χ0v) is 18.1. The lowest BCUT2D eigenvalue weighted by Crippen LogP contribution is -2.38. The summed E-state index contributed by atoms with van der Waals surface area (Å²) in [5.74, 6) is 0.317. The summed E-state index contributed by atoms with van der Waals surface area (Å²) >= 11 is 0. The summed E-state index contributed by atoms with van der Waals surface area (Å²) in [7, 11) is 0. The number of carbonyl (C=O) groups excluding carboxylic acids is 1. The zero-order valence-electron chi connectivity index (χ0n) is 18.1. The maximum absolute atomic E-state index is 13.1. The number of nitrogens with zero attached hydrogens (tertiary/aromatic N) is 2. The van der Waals surface area contributed by atoms with Crippen molar-refractivity contribution in [2.24, 2.45) is 0 Å². The first kappa shape index (κ1) is 23.1. The van der Waals surface area contributed by atoms with E-state index in [0.717, 1.165) is 16.9 Å². The Labute approximate surface area is 178 Å². The fourth-order valence-electron chi connectivity index (χ4n) is 3.03. The predicted molar refractivity (Wildman–Crippen MR) is 119 cm³/mol. The van der Waals surface area contributed by atoms with Crippen LogP contribution in [-0.4, -0.2) is 17.4 Å². The number of amides is 1. The maximum atomic E-state index is 13.1. The average Bonchev–Trinajstić information content (AvgIpc) is 2.82. The molecule has 1 aliphatic rings. The smallest absolute Gasteiger partial charge is 0.277 e. The summed E-state index contributed by atoms with van der Waals surface area (Å²) in [6.07, 6.45) is 2.37. The lowest BCUT2D eigenvalue weighted by Gasteiger charge is -2.28. The third kappa shape index (κ3) is 5.66. The third-order valence-corrected chi connectivity index (χ3v) is 4.36. The van der Waals surface area contributed by atoms with E-state index < -0.39 is 0 Å². The summed E-state index contributed by atoms with van der Waals surface area (Å²) in [5, 5.41) is 0. The topological polar surface area (TPSA) is 42.4 Å². The highest BCUT2D eigenvalue weighted by Crippen LogP contribution is 2.24. The molecule has 30 heavy (non-hydrogen) atoms. The highest BCUT2D eigenvalue weighted by molar-refractivity contribution is 6.06. The number of fused-ring (bicyclic) bond motifs is 1. The monoisotopic (exact) mass is 408 g/mol. The molecule has 1 aromatic heterocycles. The van der Waals surface area contributed by atoms with Gasteiger partial charge in [-0.3, -0.25) is 9.78 Å². The maximum Gasteiger partial charge on any atom is 0.277 e. The number of rotatable bonds is 4. The number of ether oxygens (including phenoxy) is 1. The van der Waals surface area contributed by atoms with Crippen LogP contribution in [0.15, 0.2) is 66.9 Å². The van der Waals surface area contributed by atoms with E-state index >= 15 is 0 Å². The number of carbonyl (C=O) groups is 1. The van der Waals surface area contributed by atoms with Crippen molar-refractivity contribution in [3.63, 3.8) is 0 Å². The van der Waals surface area contributed by atoms with Crippen molar-refractivity contribution >= 4 is 11.6 Å². The Morgan fingerprint density at radius 2 is 1.67 bits per heavy atom. The molecule has 0 N–H and O–H groups in total. The van der Waals surface area contributed by atoms with Gasteiger partial charge in [-0.1, -0.05) is 45.9 Å². The number of para-hydroxylation sites is 1. The van der Waals surface area contributed by atoms with Gasteiger partial charge in [0.2, 0.25) is 0 Å². The lowest BCUT2D eigenvalue weighted by molar-refractivity contribution is 0.0975. The van der Waals surface area contributed by atoms with Crippen molar-refractivity contribution in [1.82, 2.24) is 4.98 Å². The Kier molecular flexibility index (Phi) is 9.01. The third-order valence-electron chi connectivity index (χ3n) is 4.36. The van der Waals surface area contributed by atoms with Gasteiger partial charge in [0.15, 0.2) is 0 Å². The van der Waals surface area contributed by atoms with Gasteiger partial charge in [0.1, 0.15) is 23.9 Å². The average molecular weight is 409 g/mol. The van der Waals surface area contributed by atoms with Gasteiger partial charge in [0, 0.05) is 24.0 Å². The van der Waals surface area contributed by atoms with E-state index in [4.69, 9.17) is 4.74 Å². The van der Waals surface area contributed by atoms with Gasteiger partial charge >= 0.3 is 0 Å². The largest absolute Gasteiger partial charge is 0.489 e. The van der Waals surface area contributed by atoms with E-state index in [1.54, 1.807) is 23.2 Å². The standard InChI is InChI=1S/C21H17FN2O2.2C2H6/c22-17-6-8-18(9-7-17)24-11-10-16-12-15(13-23-20(16)21(24)25)14-26-19-4-2-1-3-5-19;2*1-2/h1-9,12-13H,10-11,14H2;2*1-2H3. The van der Waals surface area contributed by atoms with E-state index in [-0.39, 0.29) is 11.7 Å². The molecule has 0 unspecified atom stereocenters. The van der Waals surface area contributed by atoms with E-state index in [0.29, 0.717) is 31.0 Å². The summed E-state index contributed by atoms with van der Waals surface area (Å²) in [4.78, 5) is 18.7. The molecule has 0 spiro atoms. The van der Waals surface area contributed by atoms with Crippen LogP contribution in [0, 0.1) is 5.82 Å². The first-order valence-corrected chi connectivity index (χ1v) is 10.4. The number of hydrogen-bond acceptors (Lipinski definition) is 3. The van der Waals surface area contributed by atoms with Crippen molar-refractivity contribution < 1.29 is 13.9 Å². The molecule has 0 fully saturated rings. The molecule has 0 atom stereocenters. The molecule has 5 heteroatoms. The van der Waals surface area contributed by atoms with Crippen LogP contribution < -0.4 is 9.64 Å². The summed E-state index contributed by atoms with van der Waals surface area (Å²) in [5.41, 5.74) is 2.97. The number of anilines is 1. The molecule has 1 aliphatic heterocycles. The minimum absolute atomic E-state index is 0.159. The fraction of sp³-hybridized carbons (Fsp3) is 0.280. The Morgan fingerprint density at radius 1 is 1.00 bits per heavy atom. The number of halogens is 1. The minimum Gasteiger partial charge on any atom is -0.489 e. The SMILES string of the molecule is CC.CC.O=C1c2ncc(COc3ccccc3)cc2CCN1c1ccc(F)cc1. The van der Waals surface area contributed by atoms with Crippen molar-refractivity contribution in [1.29, 1.82) is 0 Å². The van der Waals surface area contributed by atoms with Gasteiger partial charge in [0.05, 0.1) is 0 Å². The number of aromatic nitrogens is 1. The molecule has 0 aliphatic carbocycles. The normalized spacial score (nSPS) is 12.0. The molecule has 0 bridgehead atoms. The van der Waals surface area contributed by atoms with Gasteiger partial charge in [-0.25, -0.2) is 4.39 Å². The Morgan fingerprint density at radius 3 is 2.33 bits per heavy atom. The summed E-state index contributed by atoms with van der Waals surface area (Å²) in [6.45, 7) is 8.95. The molecule has 3 aromatic rings. The van der Waals surface area contributed by atoms with Gasteiger partial charge in [-0.15, -0.1) is 0 Å². The van der Waals surface area contributed by atoms with Gasteiger partial charge in [-0.2, -0.15) is 0 Å². The second-order valence-corrected chi connectivity index (χ2v) is 6.14. The molecule has 4 rings (SSSR count). The van der Waals surface area contributed by atoms with Crippen LogP contribution in [0.1, 0.15) is 49.3 Å². The highest BCUT2D eigenvalue weighted by atomic mass is 19.1. The highest BCUT2D eigenvalue weighted by Gasteiger charge is 2.27. The Bertz CT molecular complexity index is 928. The summed E-state index contributed by atoms with van der Waals surface area (Å²) in [6, 6.07) is 17.5. The van der Waals surface area contributed by atoms with Crippen molar-refractivity contribution in [3.05, 3.63) is 89.5 Å². The molecule has 1 amide bonds. The number of benzene rings is 2. The number of hydrogen-bond donors (Lipinski definition) is 0. The first-order valence-electron chi connectivity index (χ1n) is 10.4. The molecule has 0 saturated heterocycles. The minimum atomic E-state index is -0.320. The lowest BCUT2D eigenvalue weighted by atomic mass is 10.0. The molecule has 0 radical (unpaired) electrons. The molecule has 4 nitrogen and oxygen atoms in total. The van der Waals surface area contributed by atoms with Crippen LogP contribution in [0.25, 0.3) is 0 Å². The van der Waals surface area contributed by atoms with E-state index in [1.807, 2.05) is 64.1 Å². The molecule has 158 valence electrons. The van der Waals surface area contributed by atoms with Crippen molar-refractivity contribution in [3.8, 4) is 5.75 Å². The Hall–Kier alpha value is -3.21. The van der Waals surface area contributed by atoms with Crippen LogP contribution in [0.4, 0.5) is 10.1 Å². The van der Waals surface area contributed by atoms with Crippen molar-refractivity contribution in [2.75, 3.05) is 11.4 Å². The van der Waals surface area contributed by atoms with Crippen LogP contribution in [0.5, 0.6) is 5.75 Å². The molecular weight excluding hydrogens is 379 g/mol. The van der Waals surface area contributed by atoms with Crippen LogP contribution >= 0.6 is 0 Å².